The lowest BCUT2D eigenvalue weighted by atomic mass is 10.1. The monoisotopic (exact) mass is 881 g/mol. The van der Waals surface area contributed by atoms with Crippen molar-refractivity contribution in [3.05, 3.63) is 146 Å². The van der Waals surface area contributed by atoms with E-state index >= 15 is 0 Å². The summed E-state index contributed by atoms with van der Waals surface area (Å²) in [6.07, 6.45) is 77.4. The van der Waals surface area contributed by atoms with Gasteiger partial charge < -0.3 is 14.2 Å². The summed E-state index contributed by atoms with van der Waals surface area (Å²) in [4.78, 5) is 25.3. The molecule has 358 valence electrons. The molecule has 0 aromatic carbocycles. The Hall–Kier alpha value is -4.22. The first kappa shape index (κ1) is 59.8. The second-order valence-corrected chi connectivity index (χ2v) is 15.9. The van der Waals surface area contributed by atoms with Crippen molar-refractivity contribution in [3.8, 4) is 0 Å². The smallest absolute Gasteiger partial charge is 0.306 e. The van der Waals surface area contributed by atoms with Gasteiger partial charge in [-0.2, -0.15) is 0 Å². The van der Waals surface area contributed by atoms with E-state index in [0.29, 0.717) is 19.4 Å². The van der Waals surface area contributed by atoms with Gasteiger partial charge >= 0.3 is 11.9 Å². The molecular formula is C59H92O5. The van der Waals surface area contributed by atoms with Crippen LogP contribution in [0.25, 0.3) is 0 Å². The lowest BCUT2D eigenvalue weighted by Crippen LogP contribution is -2.30. The molecule has 0 heterocycles. The van der Waals surface area contributed by atoms with Crippen LogP contribution in [0.2, 0.25) is 0 Å². The number of esters is 2. The molecule has 0 rings (SSSR count). The van der Waals surface area contributed by atoms with Gasteiger partial charge in [-0.05, 0) is 116 Å². The van der Waals surface area contributed by atoms with E-state index in [9.17, 15) is 9.59 Å². The first-order valence-corrected chi connectivity index (χ1v) is 25.4. The minimum absolute atomic E-state index is 0.00197. The molecule has 5 nitrogen and oxygen atoms in total. The number of carbonyl (C=O) groups is 2. The molecule has 0 aliphatic heterocycles. The second-order valence-electron chi connectivity index (χ2n) is 15.9. The molecule has 0 saturated carbocycles. The van der Waals surface area contributed by atoms with E-state index in [4.69, 9.17) is 14.2 Å². The molecule has 0 spiro atoms. The van der Waals surface area contributed by atoms with E-state index < -0.39 is 6.10 Å². The highest BCUT2D eigenvalue weighted by molar-refractivity contribution is 5.70. The van der Waals surface area contributed by atoms with Gasteiger partial charge in [0.05, 0.1) is 6.61 Å². The van der Waals surface area contributed by atoms with Crippen LogP contribution >= 0.6 is 0 Å². The van der Waals surface area contributed by atoms with Gasteiger partial charge in [0.2, 0.25) is 0 Å². The van der Waals surface area contributed by atoms with Crippen LogP contribution in [0.5, 0.6) is 0 Å². The number of rotatable bonds is 44. The van der Waals surface area contributed by atoms with Crippen molar-refractivity contribution in [3.63, 3.8) is 0 Å². The van der Waals surface area contributed by atoms with Crippen LogP contribution in [0, 0.1) is 0 Å². The van der Waals surface area contributed by atoms with Gasteiger partial charge in [-0.25, -0.2) is 0 Å². The van der Waals surface area contributed by atoms with Crippen molar-refractivity contribution in [2.45, 2.75) is 194 Å². The zero-order valence-corrected chi connectivity index (χ0v) is 41.0. The number of unbranched alkanes of at least 4 members (excludes halogenated alkanes) is 9. The summed E-state index contributed by atoms with van der Waals surface area (Å²) in [5, 5.41) is 0. The molecule has 0 aliphatic carbocycles. The lowest BCUT2D eigenvalue weighted by molar-refractivity contribution is -0.162. The second kappa shape index (κ2) is 53.1. The summed E-state index contributed by atoms with van der Waals surface area (Å²) < 4.78 is 17.2. The Morgan fingerprint density at radius 1 is 0.359 bits per heavy atom. The summed E-state index contributed by atoms with van der Waals surface area (Å²) in [5.41, 5.74) is 0. The Balaban J connectivity index is 4.51. The average molecular weight is 881 g/mol. The van der Waals surface area contributed by atoms with Gasteiger partial charge in [-0.15, -0.1) is 0 Å². The van der Waals surface area contributed by atoms with E-state index in [1.807, 2.05) is 12.2 Å². The highest BCUT2D eigenvalue weighted by atomic mass is 16.6. The van der Waals surface area contributed by atoms with Crippen molar-refractivity contribution >= 4 is 11.9 Å². The molecule has 0 amide bonds. The summed E-state index contributed by atoms with van der Waals surface area (Å²) in [6.45, 7) is 7.36. The highest BCUT2D eigenvalue weighted by Gasteiger charge is 2.17. The average Bonchev–Trinajstić information content (AvgIpc) is 3.30. The molecule has 1 unspecified atom stereocenters. The summed E-state index contributed by atoms with van der Waals surface area (Å²) in [5.74, 6) is -0.607. The van der Waals surface area contributed by atoms with Gasteiger partial charge in [0.1, 0.15) is 6.61 Å². The minimum atomic E-state index is -0.621. The van der Waals surface area contributed by atoms with Gasteiger partial charge in [-0.1, -0.05) is 205 Å². The van der Waals surface area contributed by atoms with E-state index in [1.165, 1.54) is 51.4 Å². The Labute approximate surface area is 393 Å². The maximum absolute atomic E-state index is 12.7. The predicted octanol–water partition coefficient (Wildman–Crippen LogP) is 17.3. The van der Waals surface area contributed by atoms with Gasteiger partial charge in [-0.3, -0.25) is 9.59 Å². The molecule has 0 bridgehead atoms. The van der Waals surface area contributed by atoms with Crippen LogP contribution in [0.1, 0.15) is 188 Å². The summed E-state index contributed by atoms with van der Waals surface area (Å²) >= 11 is 0. The Morgan fingerprint density at radius 3 is 1.12 bits per heavy atom. The minimum Gasteiger partial charge on any atom is -0.462 e. The molecular weight excluding hydrogens is 789 g/mol. The van der Waals surface area contributed by atoms with Crippen molar-refractivity contribution in [1.29, 1.82) is 0 Å². The maximum atomic E-state index is 12.7. The van der Waals surface area contributed by atoms with Crippen LogP contribution in [0.15, 0.2) is 146 Å². The summed E-state index contributed by atoms with van der Waals surface area (Å²) in [7, 11) is 0. The van der Waals surface area contributed by atoms with Crippen LogP contribution in [0.4, 0.5) is 0 Å². The third kappa shape index (κ3) is 50.4. The first-order chi connectivity index (χ1) is 31.6. The normalized spacial score (nSPS) is 13.5. The quantitative estimate of drug-likeness (QED) is 0.0347. The molecule has 0 radical (unpaired) electrons. The number of carbonyl (C=O) groups excluding carboxylic acids is 2. The maximum Gasteiger partial charge on any atom is 0.306 e. The molecule has 64 heavy (non-hydrogen) atoms. The number of hydrogen-bond acceptors (Lipinski definition) is 5. The lowest BCUT2D eigenvalue weighted by Gasteiger charge is -2.18. The van der Waals surface area contributed by atoms with E-state index in [2.05, 4.69) is 154 Å². The van der Waals surface area contributed by atoms with Crippen molar-refractivity contribution in [1.82, 2.24) is 0 Å². The topological polar surface area (TPSA) is 61.8 Å². The fraction of sp³-hybridized carbons (Fsp3) is 0.559. The first-order valence-electron chi connectivity index (χ1n) is 25.4. The van der Waals surface area contributed by atoms with Crippen molar-refractivity contribution < 1.29 is 23.8 Å². The van der Waals surface area contributed by atoms with Crippen LogP contribution in [0.3, 0.4) is 0 Å². The molecule has 0 fully saturated rings. The van der Waals surface area contributed by atoms with Crippen LogP contribution in [-0.2, 0) is 23.8 Å². The number of hydrogen-bond donors (Lipinski definition) is 0. The van der Waals surface area contributed by atoms with Gasteiger partial charge in [0.25, 0.3) is 0 Å². The molecule has 0 saturated heterocycles. The summed E-state index contributed by atoms with van der Waals surface area (Å²) in [6, 6.07) is 0. The molecule has 1 atom stereocenters. The Morgan fingerprint density at radius 2 is 0.703 bits per heavy atom. The van der Waals surface area contributed by atoms with Crippen LogP contribution < -0.4 is 0 Å². The zero-order chi connectivity index (χ0) is 46.3. The van der Waals surface area contributed by atoms with Crippen molar-refractivity contribution in [2.24, 2.45) is 0 Å². The Bertz CT molecular complexity index is 1410. The molecule has 0 aromatic rings. The zero-order valence-electron chi connectivity index (χ0n) is 41.0. The SMILES string of the molecule is CC/C=C\C/C=C\C/C=C\C/C=C\C/C=C\C/C=C\CCC(=O)OCC(COCCCCCCCC/C=C\C/C=C\CCCCC)OC(=O)CC/C=C\C/C=C\C/C=C\C/C=C\CC. The van der Waals surface area contributed by atoms with E-state index in [1.54, 1.807) is 0 Å². The Kier molecular flexibility index (Phi) is 49.6. The van der Waals surface area contributed by atoms with Crippen LogP contribution in [-0.4, -0.2) is 37.9 Å². The van der Waals surface area contributed by atoms with Gasteiger partial charge in [0.15, 0.2) is 6.10 Å². The molecule has 5 heteroatoms. The predicted molar refractivity (Wildman–Crippen MR) is 278 cm³/mol. The third-order valence-electron chi connectivity index (χ3n) is 9.87. The standard InChI is InChI=1S/C59H92O5/c1-4-7-10-13-16-19-22-25-27-29-30-31-32-35-37-40-43-46-49-52-58(60)63-56-57(64-59(61)53-50-47-44-41-38-34-24-21-18-15-12-9-6-3)55-62-54-51-48-45-42-39-36-33-28-26-23-20-17-14-11-8-5-2/h7,9-10,12,16-21,25-28,30-31,34-35,37-38,43-44,46-47,57H,4-6,8,11,13-15,22-24,29,32-33,36,39-42,45,48-56H2,1-3H3/b10-7-,12-9-,19-16-,20-17-,21-18-,27-25-,28-26-,31-30-,37-35-,38-34-,46-43-,47-44-. The van der Waals surface area contributed by atoms with Crippen molar-refractivity contribution in [2.75, 3.05) is 19.8 Å². The fourth-order valence-corrected chi connectivity index (χ4v) is 6.17. The highest BCUT2D eigenvalue weighted by Crippen LogP contribution is 2.10. The fourth-order valence-electron chi connectivity index (χ4n) is 6.17. The molecule has 0 N–H and O–H groups in total. The van der Waals surface area contributed by atoms with E-state index in [-0.39, 0.29) is 38.0 Å². The van der Waals surface area contributed by atoms with E-state index in [0.717, 1.165) is 89.9 Å². The number of ether oxygens (including phenoxy) is 3. The third-order valence-corrected chi connectivity index (χ3v) is 9.87. The number of allylic oxidation sites excluding steroid dienone is 24. The largest absolute Gasteiger partial charge is 0.462 e. The molecule has 0 aliphatic rings. The van der Waals surface area contributed by atoms with Gasteiger partial charge in [0, 0.05) is 19.4 Å². The molecule has 0 aromatic heterocycles.